The lowest BCUT2D eigenvalue weighted by Crippen LogP contribution is -2.62. The molecule has 0 unspecified atom stereocenters. The Morgan fingerprint density at radius 2 is 2.05 bits per heavy atom. The molecule has 3 rings (SSSR count). The van der Waals surface area contributed by atoms with Crippen LogP contribution in [0.25, 0.3) is 0 Å². The molecule has 0 radical (unpaired) electrons. The average Bonchev–Trinajstić information content (AvgIpc) is 2.53. The molecule has 2 fully saturated rings. The summed E-state index contributed by atoms with van der Waals surface area (Å²) in [5.74, 6) is -0.101. The van der Waals surface area contributed by atoms with Crippen molar-refractivity contribution >= 4 is 15.9 Å². The Bertz CT molecular complexity index is 649. The summed E-state index contributed by atoms with van der Waals surface area (Å²) in [6.07, 6.45) is 4.87. The summed E-state index contributed by atoms with van der Waals surface area (Å²) in [5, 5.41) is 0. The van der Waals surface area contributed by atoms with Crippen molar-refractivity contribution in [3.63, 3.8) is 0 Å². The van der Waals surface area contributed by atoms with Crippen LogP contribution in [0.1, 0.15) is 16.8 Å². The molecule has 1 amide bonds. The molecule has 1 aromatic rings. The Hall–Kier alpha value is -1.51. The van der Waals surface area contributed by atoms with Gasteiger partial charge < -0.3 is 9.64 Å². The molecule has 120 valence electrons. The van der Waals surface area contributed by atoms with Crippen LogP contribution in [0, 0.1) is 0 Å². The summed E-state index contributed by atoms with van der Waals surface area (Å²) in [4.78, 5) is 18.3. The molecule has 0 aliphatic carbocycles. The van der Waals surface area contributed by atoms with Crippen LogP contribution in [0.5, 0.6) is 0 Å². The van der Waals surface area contributed by atoms with E-state index >= 15 is 0 Å². The molecular formula is C14H19N3O4S. The molecule has 0 N–H and O–H groups in total. The average molecular weight is 325 g/mol. The van der Waals surface area contributed by atoms with Gasteiger partial charge in [0.1, 0.15) is 0 Å². The molecular weight excluding hydrogens is 306 g/mol. The van der Waals surface area contributed by atoms with Crippen LogP contribution in [0.4, 0.5) is 0 Å². The predicted octanol–water partition coefficient (Wildman–Crippen LogP) is -0.0435. The number of carbonyl (C=O) groups excluding carboxylic acids is 1. The molecule has 2 aliphatic heterocycles. The van der Waals surface area contributed by atoms with Gasteiger partial charge in [0.2, 0.25) is 10.0 Å². The molecule has 0 bridgehead atoms. The van der Waals surface area contributed by atoms with Gasteiger partial charge in [-0.2, -0.15) is 4.31 Å². The summed E-state index contributed by atoms with van der Waals surface area (Å²) < 4.78 is 30.7. The zero-order chi connectivity index (χ0) is 15.7. The number of ether oxygens (including phenoxy) is 1. The van der Waals surface area contributed by atoms with Crippen LogP contribution >= 0.6 is 0 Å². The largest absolute Gasteiger partial charge is 0.374 e. The van der Waals surface area contributed by atoms with Crippen molar-refractivity contribution in [3.8, 4) is 0 Å². The Morgan fingerprint density at radius 1 is 1.32 bits per heavy atom. The molecule has 2 saturated heterocycles. The van der Waals surface area contributed by atoms with Crippen LogP contribution in [-0.2, 0) is 14.8 Å². The lowest BCUT2D eigenvalue weighted by atomic mass is 9.99. The van der Waals surface area contributed by atoms with Crippen LogP contribution in [0.15, 0.2) is 24.5 Å². The minimum absolute atomic E-state index is 0.0995. The van der Waals surface area contributed by atoms with E-state index in [0.717, 1.165) is 0 Å². The lowest BCUT2D eigenvalue weighted by molar-refractivity contribution is -0.0802. The van der Waals surface area contributed by atoms with Gasteiger partial charge >= 0.3 is 0 Å². The standard InChI is InChI=1S/C14H19N3O4S/c1-22(19,20)16-7-4-13-12(10-16)17(8-9-21-13)14(18)11-2-5-15-6-3-11/h2-3,5-6,12-13H,4,7-10H2,1H3/t12-,13-/m1/s1. The number of fused-ring (bicyclic) bond motifs is 1. The maximum atomic E-state index is 12.7. The van der Waals surface area contributed by atoms with Gasteiger partial charge in [-0.25, -0.2) is 8.42 Å². The van der Waals surface area contributed by atoms with Gasteiger partial charge in [0, 0.05) is 37.6 Å². The van der Waals surface area contributed by atoms with E-state index in [0.29, 0.717) is 38.2 Å². The van der Waals surface area contributed by atoms with Crippen molar-refractivity contribution in [1.29, 1.82) is 0 Å². The van der Waals surface area contributed by atoms with E-state index in [1.165, 1.54) is 10.6 Å². The van der Waals surface area contributed by atoms with E-state index in [2.05, 4.69) is 4.98 Å². The van der Waals surface area contributed by atoms with E-state index in [9.17, 15) is 13.2 Å². The van der Waals surface area contributed by atoms with Crippen LogP contribution in [0.2, 0.25) is 0 Å². The molecule has 3 heterocycles. The molecule has 2 aliphatic rings. The SMILES string of the molecule is CS(=O)(=O)N1CC[C@H]2OCCN(C(=O)c3ccncc3)[C@@H]2C1. The van der Waals surface area contributed by atoms with Gasteiger partial charge in [-0.15, -0.1) is 0 Å². The summed E-state index contributed by atoms with van der Waals surface area (Å²) in [6.45, 7) is 1.69. The van der Waals surface area contributed by atoms with Crippen molar-refractivity contribution in [1.82, 2.24) is 14.2 Å². The number of pyridine rings is 1. The maximum absolute atomic E-state index is 12.7. The molecule has 2 atom stereocenters. The Kier molecular flexibility index (Phi) is 4.16. The first-order valence-electron chi connectivity index (χ1n) is 7.24. The number of piperidine rings is 1. The summed E-state index contributed by atoms with van der Waals surface area (Å²) in [6, 6.07) is 3.10. The maximum Gasteiger partial charge on any atom is 0.254 e. The number of nitrogens with zero attached hydrogens (tertiary/aromatic N) is 3. The molecule has 22 heavy (non-hydrogen) atoms. The van der Waals surface area contributed by atoms with Crippen molar-refractivity contribution in [2.45, 2.75) is 18.6 Å². The highest BCUT2D eigenvalue weighted by Gasteiger charge is 2.41. The van der Waals surface area contributed by atoms with Crippen LogP contribution in [-0.4, -0.2) is 73.2 Å². The molecule has 7 nitrogen and oxygen atoms in total. The number of aromatic nitrogens is 1. The number of amides is 1. The first-order valence-corrected chi connectivity index (χ1v) is 9.09. The third kappa shape index (κ3) is 2.99. The fourth-order valence-corrected chi connectivity index (χ4v) is 3.92. The lowest BCUT2D eigenvalue weighted by Gasteiger charge is -2.46. The van der Waals surface area contributed by atoms with E-state index < -0.39 is 10.0 Å². The third-order valence-electron chi connectivity index (χ3n) is 4.20. The highest BCUT2D eigenvalue weighted by atomic mass is 32.2. The zero-order valence-electron chi connectivity index (χ0n) is 12.4. The normalized spacial score (nSPS) is 26.5. The fourth-order valence-electron chi connectivity index (χ4n) is 3.06. The summed E-state index contributed by atoms with van der Waals surface area (Å²) in [7, 11) is -3.26. The molecule has 0 aromatic carbocycles. The Balaban J connectivity index is 1.83. The van der Waals surface area contributed by atoms with Crippen molar-refractivity contribution in [3.05, 3.63) is 30.1 Å². The van der Waals surface area contributed by atoms with E-state index in [-0.39, 0.29) is 18.1 Å². The molecule has 1 aromatic heterocycles. The van der Waals surface area contributed by atoms with Gasteiger partial charge in [-0.3, -0.25) is 9.78 Å². The monoisotopic (exact) mass is 325 g/mol. The quantitative estimate of drug-likeness (QED) is 0.762. The van der Waals surface area contributed by atoms with Crippen molar-refractivity contribution < 1.29 is 17.9 Å². The van der Waals surface area contributed by atoms with Gasteiger partial charge in [0.25, 0.3) is 5.91 Å². The minimum Gasteiger partial charge on any atom is -0.374 e. The number of sulfonamides is 1. The summed E-state index contributed by atoms with van der Waals surface area (Å²) in [5.41, 5.74) is 0.562. The number of hydrogen-bond donors (Lipinski definition) is 0. The Labute approximate surface area is 129 Å². The van der Waals surface area contributed by atoms with Gasteiger partial charge in [-0.1, -0.05) is 0 Å². The van der Waals surface area contributed by atoms with Crippen molar-refractivity contribution in [2.75, 3.05) is 32.5 Å². The second kappa shape index (κ2) is 5.94. The van der Waals surface area contributed by atoms with E-state index in [4.69, 9.17) is 4.74 Å². The van der Waals surface area contributed by atoms with Gasteiger partial charge in [0.05, 0.1) is 25.0 Å². The number of carbonyl (C=O) groups is 1. The minimum atomic E-state index is -3.26. The highest BCUT2D eigenvalue weighted by molar-refractivity contribution is 7.88. The number of rotatable bonds is 2. The summed E-state index contributed by atoms with van der Waals surface area (Å²) >= 11 is 0. The number of morpholine rings is 1. The van der Waals surface area contributed by atoms with Crippen LogP contribution in [0.3, 0.4) is 0 Å². The van der Waals surface area contributed by atoms with Crippen LogP contribution < -0.4 is 0 Å². The second-order valence-corrected chi connectivity index (χ2v) is 7.60. The van der Waals surface area contributed by atoms with E-state index in [1.807, 2.05) is 0 Å². The van der Waals surface area contributed by atoms with Gasteiger partial charge in [0.15, 0.2) is 0 Å². The first kappa shape index (κ1) is 15.4. The zero-order valence-corrected chi connectivity index (χ0v) is 13.2. The highest BCUT2D eigenvalue weighted by Crippen LogP contribution is 2.25. The second-order valence-electron chi connectivity index (χ2n) is 5.62. The fraction of sp³-hybridized carbons (Fsp3) is 0.571. The van der Waals surface area contributed by atoms with Gasteiger partial charge in [-0.05, 0) is 18.6 Å². The topological polar surface area (TPSA) is 79.8 Å². The molecule has 0 saturated carbocycles. The molecule has 8 heteroatoms. The number of hydrogen-bond acceptors (Lipinski definition) is 5. The smallest absolute Gasteiger partial charge is 0.254 e. The van der Waals surface area contributed by atoms with E-state index in [1.54, 1.807) is 29.4 Å². The first-order chi connectivity index (χ1) is 10.5. The Morgan fingerprint density at radius 3 is 2.73 bits per heavy atom. The van der Waals surface area contributed by atoms with Crippen molar-refractivity contribution in [2.24, 2.45) is 0 Å². The predicted molar refractivity (Wildman–Crippen MR) is 79.8 cm³/mol. The third-order valence-corrected chi connectivity index (χ3v) is 5.47. The molecule has 0 spiro atoms.